The third-order valence-corrected chi connectivity index (χ3v) is 9.13. The number of rotatable bonds is 11. The Bertz CT molecular complexity index is 1110. The molecule has 0 radical (unpaired) electrons. The van der Waals surface area contributed by atoms with Crippen molar-refractivity contribution in [1.29, 1.82) is 0 Å². The predicted molar refractivity (Wildman–Crippen MR) is 150 cm³/mol. The molecule has 39 heavy (non-hydrogen) atoms. The summed E-state index contributed by atoms with van der Waals surface area (Å²) < 4.78 is 23.9. The van der Waals surface area contributed by atoms with E-state index in [2.05, 4.69) is 26.8 Å². The maximum atomic E-state index is 12.8. The zero-order chi connectivity index (χ0) is 28.6. The Morgan fingerprint density at radius 1 is 1.15 bits per heavy atom. The molecule has 1 aliphatic carbocycles. The van der Waals surface area contributed by atoms with E-state index in [-0.39, 0.29) is 47.5 Å². The molecular formula is C31H42O7S. The molecule has 0 N–H and O–H groups in total. The van der Waals surface area contributed by atoms with Crippen LogP contribution in [0.15, 0.2) is 40.8 Å². The Morgan fingerprint density at radius 2 is 1.82 bits per heavy atom. The number of carbonyl (C=O) groups is 3. The second-order valence-corrected chi connectivity index (χ2v) is 13.6. The first-order valence-electron chi connectivity index (χ1n) is 13.8. The number of epoxide rings is 2. The minimum atomic E-state index is -0.534. The van der Waals surface area contributed by atoms with Gasteiger partial charge in [0, 0.05) is 23.0 Å². The topological polar surface area (TPSA) is 94.7 Å². The van der Waals surface area contributed by atoms with Crippen LogP contribution in [-0.2, 0) is 28.5 Å². The number of carbonyl (C=O) groups excluding carboxylic acids is 3. The lowest BCUT2D eigenvalue weighted by Gasteiger charge is -2.42. The molecule has 0 unspecified atom stereocenters. The molecule has 2 saturated heterocycles. The van der Waals surface area contributed by atoms with Crippen LogP contribution in [-0.4, -0.2) is 66.5 Å². The number of ether oxygens (including phenoxy) is 4. The summed E-state index contributed by atoms with van der Waals surface area (Å²) in [5, 5.41) is 0. The van der Waals surface area contributed by atoms with Gasteiger partial charge < -0.3 is 18.9 Å². The molecule has 6 atom stereocenters. The number of methoxy groups -OCH3 is 1. The number of hydrogen-bond acceptors (Lipinski definition) is 8. The van der Waals surface area contributed by atoms with Gasteiger partial charge in [-0.15, -0.1) is 11.8 Å². The third kappa shape index (κ3) is 6.84. The van der Waals surface area contributed by atoms with E-state index in [1.807, 2.05) is 32.9 Å². The van der Waals surface area contributed by atoms with Gasteiger partial charge in [0.15, 0.2) is 11.6 Å². The molecule has 214 valence electrons. The van der Waals surface area contributed by atoms with Gasteiger partial charge in [-0.25, -0.2) is 0 Å². The van der Waals surface area contributed by atoms with Gasteiger partial charge in [0.2, 0.25) is 0 Å². The van der Waals surface area contributed by atoms with Crippen molar-refractivity contribution in [3.8, 4) is 0 Å². The smallest absolute Gasteiger partial charge is 0.313 e. The standard InChI is InChI=1S/C31H42O7S/c1-19(2)8-13-24-30(6,38-24)27-26(35-7)23(14-15-31(27)18-36-31)37-25(33)16-21(32)17-39-22-11-9-20(10-12-22)28(34)29(3,4)5/h8-12,23-24,26-27H,13-18H2,1-7H3/t23-,24-,26-,27-,30-,31+/m1/s1. The molecule has 4 rings (SSSR count). The number of esters is 1. The summed E-state index contributed by atoms with van der Waals surface area (Å²) >= 11 is 1.35. The number of ketones is 2. The quantitative estimate of drug-likeness (QED) is 0.0867. The Kier molecular flexibility index (Phi) is 8.82. The average molecular weight is 559 g/mol. The van der Waals surface area contributed by atoms with Crippen molar-refractivity contribution in [2.24, 2.45) is 11.3 Å². The minimum absolute atomic E-state index is 0.0588. The van der Waals surface area contributed by atoms with Gasteiger partial charge in [-0.3, -0.25) is 14.4 Å². The van der Waals surface area contributed by atoms with E-state index in [9.17, 15) is 14.4 Å². The van der Waals surface area contributed by atoms with Crippen molar-refractivity contribution in [3.63, 3.8) is 0 Å². The Hall–Kier alpha value is -2.00. The molecule has 7 nitrogen and oxygen atoms in total. The molecule has 0 bridgehead atoms. The van der Waals surface area contributed by atoms with Crippen molar-refractivity contribution in [1.82, 2.24) is 0 Å². The predicted octanol–water partition coefficient (Wildman–Crippen LogP) is 5.59. The van der Waals surface area contributed by atoms with Crippen LogP contribution in [0.2, 0.25) is 0 Å². The van der Waals surface area contributed by atoms with E-state index in [0.717, 1.165) is 17.7 Å². The van der Waals surface area contributed by atoms with Gasteiger partial charge in [-0.2, -0.15) is 0 Å². The molecule has 1 aromatic rings. The first-order chi connectivity index (χ1) is 18.3. The lowest BCUT2D eigenvalue weighted by Crippen LogP contribution is -2.55. The fourth-order valence-electron chi connectivity index (χ4n) is 5.79. The Balaban J connectivity index is 1.30. The lowest BCUT2D eigenvalue weighted by atomic mass is 9.68. The maximum absolute atomic E-state index is 12.8. The van der Waals surface area contributed by atoms with Crippen molar-refractivity contribution in [2.45, 2.75) is 102 Å². The van der Waals surface area contributed by atoms with Gasteiger partial charge in [-0.1, -0.05) is 44.6 Å². The highest BCUT2D eigenvalue weighted by Crippen LogP contribution is 2.59. The van der Waals surface area contributed by atoms with E-state index in [1.54, 1.807) is 19.2 Å². The summed E-state index contributed by atoms with van der Waals surface area (Å²) in [5.41, 5.74) is 0.742. The SMILES string of the molecule is CO[C@@H]1[C@H](OC(=O)CC(=O)CSc2ccc(C(=O)C(C)(C)C)cc2)CC[C@]2(CO2)[C@H]1[C@]1(C)O[C@@H]1CC=C(C)C. The van der Waals surface area contributed by atoms with Crippen molar-refractivity contribution in [2.75, 3.05) is 19.5 Å². The minimum Gasteiger partial charge on any atom is -0.459 e. The highest BCUT2D eigenvalue weighted by molar-refractivity contribution is 8.00. The van der Waals surface area contributed by atoms with Gasteiger partial charge in [-0.05, 0) is 52.2 Å². The summed E-state index contributed by atoms with van der Waals surface area (Å²) in [6.45, 7) is 12.6. The molecule has 1 saturated carbocycles. The van der Waals surface area contributed by atoms with Crippen LogP contribution in [0.4, 0.5) is 0 Å². The van der Waals surface area contributed by atoms with Crippen LogP contribution in [0.25, 0.3) is 0 Å². The van der Waals surface area contributed by atoms with Crippen molar-refractivity contribution < 1.29 is 33.3 Å². The van der Waals surface area contributed by atoms with E-state index < -0.39 is 23.1 Å². The highest BCUT2D eigenvalue weighted by atomic mass is 32.2. The van der Waals surface area contributed by atoms with Crippen LogP contribution in [0.5, 0.6) is 0 Å². The third-order valence-electron chi connectivity index (χ3n) is 8.06. The largest absolute Gasteiger partial charge is 0.459 e. The average Bonchev–Trinajstić information content (AvgIpc) is 3.78. The molecule has 2 heterocycles. The normalized spacial score (nSPS) is 31.5. The van der Waals surface area contributed by atoms with E-state index in [4.69, 9.17) is 18.9 Å². The summed E-state index contributed by atoms with van der Waals surface area (Å²) in [6, 6.07) is 7.23. The van der Waals surface area contributed by atoms with E-state index in [1.165, 1.54) is 17.3 Å². The molecule has 8 heteroatoms. The van der Waals surface area contributed by atoms with Crippen molar-refractivity contribution in [3.05, 3.63) is 41.5 Å². The van der Waals surface area contributed by atoms with Crippen LogP contribution in [0, 0.1) is 11.3 Å². The fourth-order valence-corrected chi connectivity index (χ4v) is 6.55. The number of thioether (sulfide) groups is 1. The summed E-state index contributed by atoms with van der Waals surface area (Å²) in [6.07, 6.45) is 3.36. The molecule has 2 aliphatic heterocycles. The van der Waals surface area contributed by atoms with E-state index >= 15 is 0 Å². The Labute approximate surface area is 236 Å². The molecule has 1 spiro atoms. The summed E-state index contributed by atoms with van der Waals surface area (Å²) in [7, 11) is 1.64. The first-order valence-corrected chi connectivity index (χ1v) is 14.7. The Morgan fingerprint density at radius 3 is 2.38 bits per heavy atom. The molecular weight excluding hydrogens is 516 g/mol. The molecule has 1 aromatic carbocycles. The van der Waals surface area contributed by atoms with Crippen LogP contribution in [0.3, 0.4) is 0 Å². The van der Waals surface area contributed by atoms with Gasteiger partial charge in [0.25, 0.3) is 0 Å². The molecule has 0 aromatic heterocycles. The van der Waals surface area contributed by atoms with Crippen LogP contribution in [0.1, 0.15) is 77.6 Å². The number of benzene rings is 1. The highest BCUT2D eigenvalue weighted by Gasteiger charge is 2.72. The second-order valence-electron chi connectivity index (χ2n) is 12.5. The number of Topliss-reactive ketones (excluding diaryl/α,β-unsaturated/α-hetero) is 2. The number of hydrogen-bond donors (Lipinski definition) is 0. The molecule has 0 amide bonds. The van der Waals surface area contributed by atoms with Gasteiger partial charge in [0.05, 0.1) is 24.4 Å². The zero-order valence-electron chi connectivity index (χ0n) is 24.2. The zero-order valence-corrected chi connectivity index (χ0v) is 25.0. The van der Waals surface area contributed by atoms with Gasteiger partial charge in [0.1, 0.15) is 29.8 Å². The van der Waals surface area contributed by atoms with Gasteiger partial charge >= 0.3 is 5.97 Å². The van der Waals surface area contributed by atoms with E-state index in [0.29, 0.717) is 18.6 Å². The second kappa shape index (κ2) is 11.5. The fraction of sp³-hybridized carbons (Fsp3) is 0.645. The lowest BCUT2D eigenvalue weighted by molar-refractivity contribution is -0.172. The summed E-state index contributed by atoms with van der Waals surface area (Å²) in [5.74, 6) is -0.577. The monoisotopic (exact) mass is 558 g/mol. The summed E-state index contributed by atoms with van der Waals surface area (Å²) in [4.78, 5) is 38.7. The molecule has 3 aliphatic rings. The van der Waals surface area contributed by atoms with Crippen molar-refractivity contribution >= 4 is 29.3 Å². The van der Waals surface area contributed by atoms with Crippen LogP contribution >= 0.6 is 11.8 Å². The van der Waals surface area contributed by atoms with Crippen LogP contribution < -0.4 is 0 Å². The molecule has 3 fully saturated rings. The maximum Gasteiger partial charge on any atom is 0.313 e. The first kappa shape index (κ1) is 30.0. The number of allylic oxidation sites excluding steroid dienone is 1.